The molecular weight excluding hydrogens is 168 g/mol. The van der Waals surface area contributed by atoms with Gasteiger partial charge in [0.05, 0.1) is 0 Å². The Morgan fingerprint density at radius 3 is 2.57 bits per heavy atom. The van der Waals surface area contributed by atoms with Gasteiger partial charge in [0.2, 0.25) is 0 Å². The highest BCUT2D eigenvalue weighted by atomic mass is 13.9. The van der Waals surface area contributed by atoms with Crippen molar-refractivity contribution in [3.8, 4) is 12.3 Å². The molecule has 0 heterocycles. The number of allylic oxidation sites excluding steroid dienone is 6. The summed E-state index contributed by atoms with van der Waals surface area (Å²) in [5, 5.41) is 0. The third kappa shape index (κ3) is 6.31. The van der Waals surface area contributed by atoms with Crippen LogP contribution in [-0.2, 0) is 0 Å². The molecule has 0 spiro atoms. The Balaban J connectivity index is 4.43. The third-order valence-corrected chi connectivity index (χ3v) is 1.86. The highest BCUT2D eigenvalue weighted by Crippen LogP contribution is 2.07. The van der Waals surface area contributed by atoms with Crippen LogP contribution < -0.4 is 0 Å². The van der Waals surface area contributed by atoms with Crippen LogP contribution in [0.2, 0.25) is 0 Å². The van der Waals surface area contributed by atoms with E-state index in [1.165, 1.54) is 12.0 Å². The van der Waals surface area contributed by atoms with E-state index >= 15 is 0 Å². The molecule has 0 nitrogen and oxygen atoms in total. The van der Waals surface area contributed by atoms with Gasteiger partial charge in [0.25, 0.3) is 0 Å². The molecule has 0 amide bonds. The van der Waals surface area contributed by atoms with Crippen LogP contribution in [-0.4, -0.2) is 0 Å². The first kappa shape index (κ1) is 12.8. The molecule has 0 aromatic carbocycles. The van der Waals surface area contributed by atoms with Crippen LogP contribution in [0.25, 0.3) is 0 Å². The molecule has 0 saturated carbocycles. The molecule has 0 rings (SSSR count). The van der Waals surface area contributed by atoms with E-state index < -0.39 is 0 Å². The van der Waals surface area contributed by atoms with Gasteiger partial charge in [-0.15, -0.1) is 6.42 Å². The van der Waals surface area contributed by atoms with Gasteiger partial charge in [-0.3, -0.25) is 0 Å². The predicted molar refractivity (Wildman–Crippen MR) is 65.0 cm³/mol. The van der Waals surface area contributed by atoms with Crippen molar-refractivity contribution in [2.24, 2.45) is 0 Å². The molecule has 76 valence electrons. The van der Waals surface area contributed by atoms with Crippen molar-refractivity contribution in [1.82, 2.24) is 0 Å². The zero-order chi connectivity index (χ0) is 10.8. The average Bonchev–Trinajstić information content (AvgIpc) is 2.17. The minimum Gasteiger partial charge on any atom is -0.115 e. The summed E-state index contributed by atoms with van der Waals surface area (Å²) in [6, 6.07) is 0. The zero-order valence-corrected chi connectivity index (χ0v) is 9.51. The Kier molecular flexibility index (Phi) is 7.65. The van der Waals surface area contributed by atoms with Crippen molar-refractivity contribution in [1.29, 1.82) is 0 Å². The first-order chi connectivity index (χ1) is 6.74. The molecule has 0 bridgehead atoms. The average molecular weight is 188 g/mol. The minimum absolute atomic E-state index is 0.959. The summed E-state index contributed by atoms with van der Waals surface area (Å²) >= 11 is 0. The summed E-state index contributed by atoms with van der Waals surface area (Å²) in [6.45, 7) is 6.41. The van der Waals surface area contributed by atoms with Gasteiger partial charge in [0, 0.05) is 5.57 Å². The van der Waals surface area contributed by atoms with Gasteiger partial charge in [0.1, 0.15) is 0 Å². The van der Waals surface area contributed by atoms with Crippen molar-refractivity contribution in [3.63, 3.8) is 0 Å². The van der Waals surface area contributed by atoms with Crippen LogP contribution in [0.3, 0.4) is 0 Å². The Morgan fingerprint density at radius 2 is 2.07 bits per heavy atom. The van der Waals surface area contributed by atoms with E-state index in [4.69, 9.17) is 6.42 Å². The van der Waals surface area contributed by atoms with Crippen molar-refractivity contribution in [2.45, 2.75) is 40.0 Å². The fourth-order valence-corrected chi connectivity index (χ4v) is 1.18. The molecule has 14 heavy (non-hydrogen) atoms. The molecule has 0 aromatic rings. The van der Waals surface area contributed by atoms with Crippen molar-refractivity contribution < 1.29 is 0 Å². The van der Waals surface area contributed by atoms with Gasteiger partial charge in [-0.2, -0.15) is 0 Å². The van der Waals surface area contributed by atoms with E-state index in [0.717, 1.165) is 18.4 Å². The van der Waals surface area contributed by atoms with E-state index in [1.54, 1.807) is 0 Å². The quantitative estimate of drug-likeness (QED) is 0.447. The number of hydrogen-bond donors (Lipinski definition) is 0. The maximum atomic E-state index is 5.40. The Labute approximate surface area is 88.4 Å². The van der Waals surface area contributed by atoms with E-state index in [-0.39, 0.29) is 0 Å². The van der Waals surface area contributed by atoms with Gasteiger partial charge < -0.3 is 0 Å². The van der Waals surface area contributed by atoms with Gasteiger partial charge in [-0.05, 0) is 31.9 Å². The van der Waals surface area contributed by atoms with E-state index in [2.05, 4.69) is 38.8 Å². The smallest absolute Gasteiger partial charge is 0.0241 e. The van der Waals surface area contributed by atoms with Crippen LogP contribution in [0.4, 0.5) is 0 Å². The molecule has 0 unspecified atom stereocenters. The molecule has 0 atom stereocenters. The lowest BCUT2D eigenvalue weighted by Gasteiger charge is -1.96. The fourth-order valence-electron chi connectivity index (χ4n) is 1.18. The molecule has 0 radical (unpaired) electrons. The second kappa shape index (κ2) is 8.38. The summed E-state index contributed by atoms with van der Waals surface area (Å²) in [7, 11) is 0. The summed E-state index contributed by atoms with van der Waals surface area (Å²) in [4.78, 5) is 0. The van der Waals surface area contributed by atoms with E-state index in [1.807, 2.05) is 12.2 Å². The Hall–Kier alpha value is -1.22. The van der Waals surface area contributed by atoms with Crippen LogP contribution >= 0.6 is 0 Å². The van der Waals surface area contributed by atoms with Crippen molar-refractivity contribution in [2.75, 3.05) is 0 Å². The normalized spacial score (nSPS) is 13.3. The van der Waals surface area contributed by atoms with Gasteiger partial charge in [-0.1, -0.05) is 43.9 Å². The standard InChI is InChI=1S/C14H20/c1-5-8-9-11-14(7-3)12-13(4)10-6-2/h3,8-9,11-12H,5-6,10H2,1-2,4H3/b9-8+,13-12+,14-11-. The fraction of sp³-hybridized carbons (Fsp3) is 0.429. The summed E-state index contributed by atoms with van der Waals surface area (Å²) in [5.41, 5.74) is 2.31. The lowest BCUT2D eigenvalue weighted by Crippen LogP contribution is -1.78. The third-order valence-electron chi connectivity index (χ3n) is 1.86. The SMILES string of the molecule is C#CC(=C/C=C/CC)/C=C(\C)CCC. The molecule has 0 saturated heterocycles. The summed E-state index contributed by atoms with van der Waals surface area (Å²) < 4.78 is 0. The zero-order valence-electron chi connectivity index (χ0n) is 9.51. The number of hydrogen-bond acceptors (Lipinski definition) is 0. The molecular formula is C14H20. The maximum absolute atomic E-state index is 5.40. The molecule has 0 aliphatic rings. The van der Waals surface area contributed by atoms with Crippen LogP contribution in [0.15, 0.2) is 35.5 Å². The second-order valence-electron chi connectivity index (χ2n) is 3.34. The Bertz CT molecular complexity index is 269. The van der Waals surface area contributed by atoms with Gasteiger partial charge >= 0.3 is 0 Å². The first-order valence-electron chi connectivity index (χ1n) is 5.25. The monoisotopic (exact) mass is 188 g/mol. The number of rotatable bonds is 5. The summed E-state index contributed by atoms with van der Waals surface area (Å²) in [5.74, 6) is 2.68. The minimum atomic E-state index is 0.959. The molecule has 0 N–H and O–H groups in total. The molecule has 0 heteroatoms. The van der Waals surface area contributed by atoms with Crippen LogP contribution in [0, 0.1) is 12.3 Å². The Morgan fingerprint density at radius 1 is 1.36 bits per heavy atom. The van der Waals surface area contributed by atoms with Crippen molar-refractivity contribution in [3.05, 3.63) is 35.5 Å². The largest absolute Gasteiger partial charge is 0.115 e. The first-order valence-corrected chi connectivity index (χ1v) is 5.25. The molecule has 0 fully saturated rings. The number of terminal acetylenes is 1. The highest BCUT2D eigenvalue weighted by Gasteiger charge is 1.89. The van der Waals surface area contributed by atoms with Crippen LogP contribution in [0.5, 0.6) is 0 Å². The second-order valence-corrected chi connectivity index (χ2v) is 3.34. The van der Waals surface area contributed by atoms with Crippen molar-refractivity contribution >= 4 is 0 Å². The molecule has 0 aromatic heterocycles. The van der Waals surface area contributed by atoms with E-state index in [9.17, 15) is 0 Å². The van der Waals surface area contributed by atoms with Crippen LogP contribution in [0.1, 0.15) is 40.0 Å². The van der Waals surface area contributed by atoms with E-state index in [0.29, 0.717) is 0 Å². The van der Waals surface area contributed by atoms with Gasteiger partial charge in [0.15, 0.2) is 0 Å². The van der Waals surface area contributed by atoms with Gasteiger partial charge in [-0.25, -0.2) is 0 Å². The topological polar surface area (TPSA) is 0 Å². The lowest BCUT2D eigenvalue weighted by molar-refractivity contribution is 0.905. The maximum Gasteiger partial charge on any atom is 0.0241 e. The molecule has 0 aliphatic heterocycles. The molecule has 0 aliphatic carbocycles. The predicted octanol–water partition coefficient (Wildman–Crippen LogP) is 4.26. The highest BCUT2D eigenvalue weighted by molar-refractivity contribution is 5.40. The lowest BCUT2D eigenvalue weighted by atomic mass is 10.1. The summed E-state index contributed by atoms with van der Waals surface area (Å²) in [6.07, 6.45) is 16.9.